The Bertz CT molecular complexity index is 662. The van der Waals surface area contributed by atoms with Crippen LogP contribution in [0.25, 0.3) is 0 Å². The zero-order valence-corrected chi connectivity index (χ0v) is 11.2. The van der Waals surface area contributed by atoms with E-state index in [0.717, 1.165) is 6.07 Å². The van der Waals surface area contributed by atoms with Gasteiger partial charge in [0.25, 0.3) is 0 Å². The first kappa shape index (κ1) is 14.1. The number of rotatable bonds is 1. The van der Waals surface area contributed by atoms with Crippen molar-refractivity contribution in [1.82, 2.24) is 4.98 Å². The van der Waals surface area contributed by atoms with E-state index in [4.69, 9.17) is 0 Å². The lowest BCUT2D eigenvalue weighted by Gasteiger charge is -2.22. The maximum Gasteiger partial charge on any atom is 0.162 e. The van der Waals surface area contributed by atoms with Gasteiger partial charge in [-0.1, -0.05) is 18.2 Å². The minimum atomic E-state index is -1.03. The Morgan fingerprint density at radius 2 is 1.76 bits per heavy atom. The van der Waals surface area contributed by atoms with Crippen LogP contribution in [0.4, 0.5) is 8.78 Å². The lowest BCUT2D eigenvalue weighted by atomic mass is 9.87. The Hall–Kier alpha value is -1.85. The third-order valence-corrected chi connectivity index (χ3v) is 4.02. The number of aliphatic hydroxyl groups is 2. The van der Waals surface area contributed by atoms with Gasteiger partial charge in [0.05, 0.1) is 17.9 Å². The third kappa shape index (κ3) is 2.43. The van der Waals surface area contributed by atoms with Gasteiger partial charge in [0.2, 0.25) is 0 Å². The number of halogens is 2. The fraction of sp³-hybridized carbons (Fsp3) is 0.312. The van der Waals surface area contributed by atoms with E-state index in [1.807, 2.05) is 0 Å². The number of hydrogen-bond acceptors (Lipinski definition) is 3. The van der Waals surface area contributed by atoms with E-state index >= 15 is 0 Å². The van der Waals surface area contributed by atoms with Crippen molar-refractivity contribution in [1.29, 1.82) is 0 Å². The molecule has 1 heterocycles. The summed E-state index contributed by atoms with van der Waals surface area (Å²) in [4.78, 5) is 4.10. The molecule has 3 rings (SSSR count). The maximum atomic E-state index is 14.0. The van der Waals surface area contributed by atoms with Crippen molar-refractivity contribution in [2.24, 2.45) is 0 Å². The molecule has 1 aromatic heterocycles. The van der Waals surface area contributed by atoms with Crippen molar-refractivity contribution in [2.75, 3.05) is 0 Å². The van der Waals surface area contributed by atoms with Crippen molar-refractivity contribution in [2.45, 2.75) is 31.0 Å². The van der Waals surface area contributed by atoms with Gasteiger partial charge in [-0.25, -0.2) is 8.78 Å². The molecule has 0 spiro atoms. The van der Waals surface area contributed by atoms with Crippen LogP contribution in [0.3, 0.4) is 0 Å². The highest BCUT2D eigenvalue weighted by atomic mass is 19.2. The van der Waals surface area contributed by atoms with Crippen LogP contribution in [-0.4, -0.2) is 15.2 Å². The van der Waals surface area contributed by atoms with Crippen LogP contribution in [0.2, 0.25) is 0 Å². The summed E-state index contributed by atoms with van der Waals surface area (Å²) in [6.45, 7) is 0. The molecular weight excluding hydrogens is 276 g/mol. The predicted molar refractivity (Wildman–Crippen MR) is 72.5 cm³/mol. The molecule has 3 nitrogen and oxygen atoms in total. The quantitative estimate of drug-likeness (QED) is 0.794. The third-order valence-electron chi connectivity index (χ3n) is 4.02. The molecule has 21 heavy (non-hydrogen) atoms. The van der Waals surface area contributed by atoms with E-state index in [2.05, 4.69) is 4.98 Å². The fourth-order valence-electron chi connectivity index (χ4n) is 2.94. The van der Waals surface area contributed by atoms with Gasteiger partial charge in [-0.15, -0.1) is 0 Å². The van der Waals surface area contributed by atoms with Gasteiger partial charge in [-0.3, -0.25) is 4.98 Å². The number of hydrogen-bond donors (Lipinski definition) is 2. The molecule has 0 saturated heterocycles. The first-order chi connectivity index (χ1) is 10.1. The number of aliphatic hydroxyl groups excluding tert-OH is 2. The average Bonchev–Trinajstić information content (AvgIpc) is 2.62. The lowest BCUT2D eigenvalue weighted by Crippen LogP contribution is -2.13. The van der Waals surface area contributed by atoms with Gasteiger partial charge in [0, 0.05) is 17.7 Å². The molecule has 1 aliphatic carbocycles. The topological polar surface area (TPSA) is 53.4 Å². The van der Waals surface area contributed by atoms with E-state index in [9.17, 15) is 19.0 Å². The molecule has 0 amide bonds. The molecule has 0 saturated carbocycles. The van der Waals surface area contributed by atoms with Crippen molar-refractivity contribution in [3.8, 4) is 0 Å². The Morgan fingerprint density at radius 1 is 1.00 bits per heavy atom. The monoisotopic (exact) mass is 291 g/mol. The summed E-state index contributed by atoms with van der Waals surface area (Å²) in [6.07, 6.45) is 0.387. The van der Waals surface area contributed by atoms with Crippen LogP contribution in [0, 0.1) is 11.6 Å². The molecule has 2 N–H and O–H groups in total. The van der Waals surface area contributed by atoms with Gasteiger partial charge in [-0.05, 0) is 30.5 Å². The van der Waals surface area contributed by atoms with Gasteiger partial charge >= 0.3 is 0 Å². The van der Waals surface area contributed by atoms with Crippen molar-refractivity contribution < 1.29 is 19.0 Å². The summed E-state index contributed by atoms with van der Waals surface area (Å²) >= 11 is 0. The zero-order chi connectivity index (χ0) is 15.0. The molecule has 0 fully saturated rings. The second-order valence-electron chi connectivity index (χ2n) is 5.27. The zero-order valence-electron chi connectivity index (χ0n) is 11.2. The number of benzene rings is 1. The molecule has 2 aromatic rings. The lowest BCUT2D eigenvalue weighted by molar-refractivity contribution is 0.135. The summed E-state index contributed by atoms with van der Waals surface area (Å²) in [6, 6.07) is 7.25. The SMILES string of the molecule is O[C@@H]1CC[C@@H](c2cccc(F)c2F)[C@H](O)c2cccnc21. The second kappa shape index (κ2) is 5.50. The Kier molecular flexibility index (Phi) is 3.69. The summed E-state index contributed by atoms with van der Waals surface area (Å²) in [7, 11) is 0. The van der Waals surface area contributed by atoms with E-state index in [1.165, 1.54) is 18.3 Å². The van der Waals surface area contributed by atoms with Crippen LogP contribution in [-0.2, 0) is 0 Å². The van der Waals surface area contributed by atoms with Crippen LogP contribution < -0.4 is 0 Å². The molecule has 5 heteroatoms. The summed E-state index contributed by atoms with van der Waals surface area (Å²) in [5.74, 6) is -2.49. The first-order valence-electron chi connectivity index (χ1n) is 6.84. The molecule has 0 aliphatic heterocycles. The summed E-state index contributed by atoms with van der Waals surface area (Å²) in [5.41, 5.74) is 1.01. The Balaban J connectivity index is 2.07. The normalized spacial score (nSPS) is 25.2. The van der Waals surface area contributed by atoms with Crippen LogP contribution in [0.15, 0.2) is 36.5 Å². The molecule has 0 bridgehead atoms. The van der Waals surface area contributed by atoms with E-state index in [0.29, 0.717) is 24.1 Å². The van der Waals surface area contributed by atoms with Gasteiger partial charge in [-0.2, -0.15) is 0 Å². The number of aromatic nitrogens is 1. The number of nitrogens with zero attached hydrogens (tertiary/aromatic N) is 1. The highest BCUT2D eigenvalue weighted by Gasteiger charge is 2.33. The van der Waals surface area contributed by atoms with Gasteiger partial charge in [0.15, 0.2) is 11.6 Å². The first-order valence-corrected chi connectivity index (χ1v) is 6.84. The minimum Gasteiger partial charge on any atom is -0.388 e. The van der Waals surface area contributed by atoms with Crippen molar-refractivity contribution >= 4 is 0 Å². The second-order valence-corrected chi connectivity index (χ2v) is 5.27. The van der Waals surface area contributed by atoms with E-state index < -0.39 is 29.8 Å². The van der Waals surface area contributed by atoms with Crippen molar-refractivity contribution in [3.63, 3.8) is 0 Å². The molecular formula is C16H15F2NO2. The highest BCUT2D eigenvalue weighted by molar-refractivity contribution is 5.32. The van der Waals surface area contributed by atoms with Crippen LogP contribution in [0.5, 0.6) is 0 Å². The van der Waals surface area contributed by atoms with E-state index in [-0.39, 0.29) is 5.56 Å². The van der Waals surface area contributed by atoms with Gasteiger partial charge < -0.3 is 10.2 Å². The standard InChI is InChI=1S/C16H15F2NO2/c17-12-5-1-3-9(14(12)18)10-6-7-13(20)15-11(16(10)21)4-2-8-19-15/h1-5,8,10,13,16,20-21H,6-7H2/t10-,13+,16-/m0/s1. The van der Waals surface area contributed by atoms with Crippen molar-refractivity contribution in [3.05, 3.63) is 65.0 Å². The molecule has 0 radical (unpaired) electrons. The Labute approximate surface area is 120 Å². The number of pyridine rings is 1. The predicted octanol–water partition coefficient (Wildman–Crippen LogP) is 3.00. The van der Waals surface area contributed by atoms with E-state index in [1.54, 1.807) is 12.1 Å². The molecule has 110 valence electrons. The van der Waals surface area contributed by atoms with Crippen LogP contribution in [0.1, 0.15) is 47.8 Å². The summed E-state index contributed by atoms with van der Waals surface area (Å²) in [5, 5.41) is 20.7. The number of fused-ring (bicyclic) bond motifs is 1. The molecule has 1 aromatic carbocycles. The Morgan fingerprint density at radius 3 is 2.57 bits per heavy atom. The molecule has 1 aliphatic rings. The highest BCUT2D eigenvalue weighted by Crippen LogP contribution is 2.42. The average molecular weight is 291 g/mol. The van der Waals surface area contributed by atoms with Gasteiger partial charge in [0.1, 0.15) is 0 Å². The fourth-order valence-corrected chi connectivity index (χ4v) is 2.94. The van der Waals surface area contributed by atoms with Crippen LogP contribution >= 0.6 is 0 Å². The molecule has 3 atom stereocenters. The maximum absolute atomic E-state index is 14.0. The largest absolute Gasteiger partial charge is 0.388 e. The minimum absolute atomic E-state index is 0.131. The summed E-state index contributed by atoms with van der Waals surface area (Å²) < 4.78 is 27.4. The molecule has 0 unspecified atom stereocenters. The smallest absolute Gasteiger partial charge is 0.162 e.